The van der Waals surface area contributed by atoms with Crippen molar-refractivity contribution in [1.29, 1.82) is 0 Å². The van der Waals surface area contributed by atoms with E-state index >= 15 is 0 Å². The zero-order valence-electron chi connectivity index (χ0n) is 8.29. The molecule has 74 valence electrons. The van der Waals surface area contributed by atoms with Crippen molar-refractivity contribution < 1.29 is 14.2 Å². The molecular formula is C8H19NO3. The smallest absolute Gasteiger partial charge is 0.169 e. The lowest BCUT2D eigenvalue weighted by Gasteiger charge is -2.15. The van der Waals surface area contributed by atoms with Gasteiger partial charge in [0.2, 0.25) is 0 Å². The van der Waals surface area contributed by atoms with Crippen molar-refractivity contribution in [1.82, 2.24) is 5.32 Å². The summed E-state index contributed by atoms with van der Waals surface area (Å²) in [5.41, 5.74) is 0. The third kappa shape index (κ3) is 5.49. The summed E-state index contributed by atoms with van der Waals surface area (Å²) in [6.45, 7) is 3.49. The topological polar surface area (TPSA) is 39.7 Å². The van der Waals surface area contributed by atoms with E-state index in [1.54, 1.807) is 21.3 Å². The molecule has 0 fully saturated rings. The van der Waals surface area contributed by atoms with Gasteiger partial charge in [0.25, 0.3) is 0 Å². The highest BCUT2D eigenvalue weighted by molar-refractivity contribution is 4.55. The Balaban J connectivity index is 3.28. The van der Waals surface area contributed by atoms with Crippen LogP contribution in [0.25, 0.3) is 0 Å². The van der Waals surface area contributed by atoms with Gasteiger partial charge in [-0.2, -0.15) is 0 Å². The van der Waals surface area contributed by atoms with E-state index in [0.717, 1.165) is 6.54 Å². The second kappa shape index (κ2) is 7.49. The van der Waals surface area contributed by atoms with Gasteiger partial charge in [0.05, 0.1) is 6.10 Å². The Morgan fingerprint density at radius 3 is 2.00 bits per heavy atom. The van der Waals surface area contributed by atoms with Crippen molar-refractivity contribution in [2.24, 2.45) is 0 Å². The molecule has 4 heteroatoms. The normalized spacial score (nSPS) is 13.8. The van der Waals surface area contributed by atoms with E-state index in [0.29, 0.717) is 6.54 Å². The number of hydrogen-bond acceptors (Lipinski definition) is 4. The summed E-state index contributed by atoms with van der Waals surface area (Å²) < 4.78 is 15.0. The third-order valence-corrected chi connectivity index (χ3v) is 1.67. The molecule has 0 aromatic carbocycles. The van der Waals surface area contributed by atoms with Gasteiger partial charge >= 0.3 is 0 Å². The monoisotopic (exact) mass is 177 g/mol. The van der Waals surface area contributed by atoms with Gasteiger partial charge in [-0.05, 0) is 6.92 Å². The molecule has 0 aromatic heterocycles. The highest BCUT2D eigenvalue weighted by atomic mass is 16.7. The van der Waals surface area contributed by atoms with Crippen LogP contribution in [-0.2, 0) is 14.2 Å². The van der Waals surface area contributed by atoms with E-state index in [-0.39, 0.29) is 12.4 Å². The maximum Gasteiger partial charge on any atom is 0.169 e. The SMILES string of the molecule is COC(C)CNCC(OC)OC. The Bertz CT molecular complexity index is 96.3. The van der Waals surface area contributed by atoms with Crippen molar-refractivity contribution >= 4 is 0 Å². The van der Waals surface area contributed by atoms with E-state index in [2.05, 4.69) is 5.32 Å². The average Bonchev–Trinajstić information content (AvgIpc) is 2.12. The lowest BCUT2D eigenvalue weighted by atomic mass is 10.4. The molecule has 0 saturated carbocycles. The summed E-state index contributed by atoms with van der Waals surface area (Å²) in [5, 5.41) is 3.16. The molecule has 0 bridgehead atoms. The van der Waals surface area contributed by atoms with Gasteiger partial charge in [0.15, 0.2) is 6.29 Å². The predicted molar refractivity (Wildman–Crippen MR) is 47.1 cm³/mol. The van der Waals surface area contributed by atoms with Crippen molar-refractivity contribution in [3.63, 3.8) is 0 Å². The molecule has 0 amide bonds. The molecule has 0 aliphatic heterocycles. The zero-order valence-corrected chi connectivity index (χ0v) is 8.29. The number of hydrogen-bond donors (Lipinski definition) is 1. The maximum absolute atomic E-state index is 5.06. The van der Waals surface area contributed by atoms with Crippen LogP contribution in [0.4, 0.5) is 0 Å². The van der Waals surface area contributed by atoms with Crippen LogP contribution in [-0.4, -0.2) is 46.8 Å². The van der Waals surface area contributed by atoms with E-state index in [1.807, 2.05) is 6.92 Å². The van der Waals surface area contributed by atoms with Crippen molar-refractivity contribution in [3.05, 3.63) is 0 Å². The average molecular weight is 177 g/mol. The molecule has 0 saturated heterocycles. The largest absolute Gasteiger partial charge is 0.380 e. The summed E-state index contributed by atoms with van der Waals surface area (Å²) >= 11 is 0. The van der Waals surface area contributed by atoms with Crippen molar-refractivity contribution in [2.75, 3.05) is 34.4 Å². The fourth-order valence-corrected chi connectivity index (χ4v) is 0.751. The van der Waals surface area contributed by atoms with E-state index in [4.69, 9.17) is 14.2 Å². The molecule has 0 rings (SSSR count). The second-order valence-electron chi connectivity index (χ2n) is 2.61. The van der Waals surface area contributed by atoms with Gasteiger partial charge in [0, 0.05) is 34.4 Å². The van der Waals surface area contributed by atoms with Crippen LogP contribution in [0.2, 0.25) is 0 Å². The summed E-state index contributed by atoms with van der Waals surface area (Å²) in [4.78, 5) is 0. The van der Waals surface area contributed by atoms with E-state index in [9.17, 15) is 0 Å². The van der Waals surface area contributed by atoms with Crippen LogP contribution in [0.1, 0.15) is 6.92 Å². The molecule has 0 aromatic rings. The fourth-order valence-electron chi connectivity index (χ4n) is 0.751. The molecule has 0 aliphatic rings. The Morgan fingerprint density at radius 1 is 1.00 bits per heavy atom. The van der Waals surface area contributed by atoms with Crippen LogP contribution < -0.4 is 5.32 Å². The van der Waals surface area contributed by atoms with Crippen molar-refractivity contribution in [3.8, 4) is 0 Å². The van der Waals surface area contributed by atoms with Gasteiger partial charge in [-0.1, -0.05) is 0 Å². The standard InChI is InChI=1S/C8H19NO3/c1-7(10-2)5-9-6-8(11-3)12-4/h7-9H,5-6H2,1-4H3. The molecule has 12 heavy (non-hydrogen) atoms. The van der Waals surface area contributed by atoms with Crippen molar-refractivity contribution in [2.45, 2.75) is 19.3 Å². The van der Waals surface area contributed by atoms with Crippen LogP contribution in [0.15, 0.2) is 0 Å². The number of rotatable bonds is 7. The predicted octanol–water partition coefficient (Wildman–Crippen LogP) is 0.230. The lowest BCUT2D eigenvalue weighted by Crippen LogP contribution is -2.34. The second-order valence-corrected chi connectivity index (χ2v) is 2.61. The van der Waals surface area contributed by atoms with Gasteiger partial charge < -0.3 is 19.5 Å². The van der Waals surface area contributed by atoms with Gasteiger partial charge in [-0.3, -0.25) is 0 Å². The van der Waals surface area contributed by atoms with Crippen LogP contribution in [0.3, 0.4) is 0 Å². The molecule has 0 aliphatic carbocycles. The van der Waals surface area contributed by atoms with Gasteiger partial charge in [0.1, 0.15) is 0 Å². The minimum Gasteiger partial charge on any atom is -0.380 e. The first-order chi connectivity index (χ1) is 5.74. The Labute approximate surface area is 74.2 Å². The maximum atomic E-state index is 5.06. The Morgan fingerprint density at radius 2 is 1.58 bits per heavy atom. The minimum atomic E-state index is -0.172. The molecule has 1 atom stereocenters. The molecule has 1 N–H and O–H groups in total. The van der Waals surface area contributed by atoms with Gasteiger partial charge in [-0.15, -0.1) is 0 Å². The lowest BCUT2D eigenvalue weighted by molar-refractivity contribution is -0.0994. The third-order valence-electron chi connectivity index (χ3n) is 1.67. The van der Waals surface area contributed by atoms with E-state index < -0.39 is 0 Å². The number of nitrogens with one attached hydrogen (secondary N) is 1. The summed E-state index contributed by atoms with van der Waals surface area (Å²) in [7, 11) is 4.93. The zero-order chi connectivity index (χ0) is 9.40. The Hall–Kier alpha value is -0.160. The molecule has 1 unspecified atom stereocenters. The van der Waals surface area contributed by atoms with Gasteiger partial charge in [-0.25, -0.2) is 0 Å². The van der Waals surface area contributed by atoms with Crippen LogP contribution in [0, 0.1) is 0 Å². The Kier molecular flexibility index (Phi) is 7.39. The molecule has 4 nitrogen and oxygen atoms in total. The summed E-state index contributed by atoms with van der Waals surface area (Å²) in [6, 6.07) is 0. The first kappa shape index (κ1) is 11.8. The quantitative estimate of drug-likeness (QED) is 0.565. The first-order valence-electron chi connectivity index (χ1n) is 4.03. The van der Waals surface area contributed by atoms with Crippen LogP contribution >= 0.6 is 0 Å². The minimum absolute atomic E-state index is 0.172. The molecule has 0 radical (unpaired) electrons. The summed E-state index contributed by atoms with van der Waals surface area (Å²) in [6.07, 6.45) is 0.0495. The summed E-state index contributed by atoms with van der Waals surface area (Å²) in [5.74, 6) is 0. The number of ether oxygens (including phenoxy) is 3. The van der Waals surface area contributed by atoms with E-state index in [1.165, 1.54) is 0 Å². The highest BCUT2D eigenvalue weighted by Crippen LogP contribution is 1.89. The van der Waals surface area contributed by atoms with Crippen LogP contribution in [0.5, 0.6) is 0 Å². The molecular weight excluding hydrogens is 158 g/mol. The number of methoxy groups -OCH3 is 3. The molecule has 0 spiro atoms. The highest BCUT2D eigenvalue weighted by Gasteiger charge is 2.04. The first-order valence-corrected chi connectivity index (χ1v) is 4.03. The fraction of sp³-hybridized carbons (Fsp3) is 1.00. The molecule has 0 heterocycles.